The van der Waals surface area contributed by atoms with E-state index in [1.807, 2.05) is 0 Å². The van der Waals surface area contributed by atoms with E-state index < -0.39 is 5.54 Å². The Hall–Kier alpha value is -0.630. The first-order valence-electron chi connectivity index (χ1n) is 5.83. The molecule has 0 aliphatic heterocycles. The number of hydrogen-bond acceptors (Lipinski definition) is 4. The third-order valence-electron chi connectivity index (χ3n) is 2.06. The van der Waals surface area contributed by atoms with Gasteiger partial charge in [0.15, 0.2) is 0 Å². The molecule has 0 heterocycles. The largest absolute Gasteiger partial charge is 0.379 e. The molecule has 1 atom stereocenters. The van der Waals surface area contributed by atoms with E-state index in [9.17, 15) is 0 Å². The van der Waals surface area contributed by atoms with Crippen LogP contribution in [0.3, 0.4) is 0 Å². The molecule has 0 aromatic carbocycles. The predicted octanol–water partition coefficient (Wildman–Crippen LogP) is 1.70. The molecule has 4 nitrogen and oxygen atoms in total. The molecule has 0 aliphatic carbocycles. The summed E-state index contributed by atoms with van der Waals surface area (Å²) >= 11 is 0. The summed E-state index contributed by atoms with van der Waals surface area (Å²) in [5.74, 6) is 0.563. The van der Waals surface area contributed by atoms with Crippen LogP contribution in [0.4, 0.5) is 0 Å². The fraction of sp³-hybridized carbons (Fsp3) is 0.917. The van der Waals surface area contributed by atoms with Crippen molar-refractivity contribution in [1.82, 2.24) is 0 Å². The highest BCUT2D eigenvalue weighted by Crippen LogP contribution is 2.06. The van der Waals surface area contributed by atoms with Gasteiger partial charge in [-0.1, -0.05) is 13.8 Å². The van der Waals surface area contributed by atoms with Crippen LogP contribution in [0.15, 0.2) is 0 Å². The van der Waals surface area contributed by atoms with Crippen LogP contribution in [0.2, 0.25) is 0 Å². The second-order valence-electron chi connectivity index (χ2n) is 4.71. The SMILES string of the molecule is CC(C)COCCOCCCC(C)(N)C#N. The van der Waals surface area contributed by atoms with Crippen LogP contribution in [0.5, 0.6) is 0 Å². The average Bonchev–Trinajstić information content (AvgIpc) is 2.21. The van der Waals surface area contributed by atoms with Crippen molar-refractivity contribution in [3.05, 3.63) is 0 Å². The molecule has 0 aromatic rings. The fourth-order valence-corrected chi connectivity index (χ4v) is 1.14. The molecule has 0 amide bonds. The van der Waals surface area contributed by atoms with E-state index in [1.165, 1.54) is 0 Å². The smallest absolute Gasteiger partial charge is 0.101 e. The highest BCUT2D eigenvalue weighted by Gasteiger charge is 2.15. The van der Waals surface area contributed by atoms with Gasteiger partial charge in [0.1, 0.15) is 5.54 Å². The second kappa shape index (κ2) is 8.51. The van der Waals surface area contributed by atoms with Gasteiger partial charge < -0.3 is 15.2 Å². The first-order valence-corrected chi connectivity index (χ1v) is 5.83. The summed E-state index contributed by atoms with van der Waals surface area (Å²) in [6.07, 6.45) is 1.47. The minimum atomic E-state index is -0.725. The number of nitrogens with zero attached hydrogens (tertiary/aromatic N) is 1. The molecular weight excluding hydrogens is 204 g/mol. The molecule has 0 aromatic heterocycles. The summed E-state index contributed by atoms with van der Waals surface area (Å²) in [7, 11) is 0. The van der Waals surface area contributed by atoms with E-state index in [4.69, 9.17) is 20.5 Å². The maximum atomic E-state index is 8.68. The molecule has 0 spiro atoms. The molecule has 0 saturated carbocycles. The standard InChI is InChI=1S/C12H24N2O2/c1-11(2)9-16-8-7-15-6-4-5-12(3,14)10-13/h11H,4-9,14H2,1-3H3. The lowest BCUT2D eigenvalue weighted by Gasteiger charge is -2.14. The van der Waals surface area contributed by atoms with Crippen LogP contribution in [-0.4, -0.2) is 32.0 Å². The molecule has 16 heavy (non-hydrogen) atoms. The number of nitriles is 1. The topological polar surface area (TPSA) is 68.3 Å². The Labute approximate surface area is 98.7 Å². The maximum absolute atomic E-state index is 8.68. The van der Waals surface area contributed by atoms with E-state index in [0.29, 0.717) is 32.2 Å². The summed E-state index contributed by atoms with van der Waals surface area (Å²) in [5, 5.41) is 8.68. The quantitative estimate of drug-likeness (QED) is 0.610. The first-order chi connectivity index (χ1) is 7.48. The van der Waals surface area contributed by atoms with Gasteiger partial charge in [-0.15, -0.1) is 0 Å². The van der Waals surface area contributed by atoms with Gasteiger partial charge in [0.05, 0.1) is 19.3 Å². The van der Waals surface area contributed by atoms with Crippen LogP contribution in [0.1, 0.15) is 33.6 Å². The zero-order valence-corrected chi connectivity index (χ0v) is 10.7. The van der Waals surface area contributed by atoms with Crippen LogP contribution < -0.4 is 5.73 Å². The van der Waals surface area contributed by atoms with Gasteiger partial charge in [0.25, 0.3) is 0 Å². The second-order valence-corrected chi connectivity index (χ2v) is 4.71. The minimum Gasteiger partial charge on any atom is -0.379 e. The van der Waals surface area contributed by atoms with Crippen molar-refractivity contribution in [2.24, 2.45) is 11.7 Å². The molecule has 0 fully saturated rings. The Morgan fingerprint density at radius 1 is 1.25 bits per heavy atom. The summed E-state index contributed by atoms with van der Waals surface area (Å²) in [6.45, 7) is 8.63. The highest BCUT2D eigenvalue weighted by atomic mass is 16.5. The zero-order valence-electron chi connectivity index (χ0n) is 10.7. The van der Waals surface area contributed by atoms with Gasteiger partial charge in [-0.25, -0.2) is 0 Å². The van der Waals surface area contributed by atoms with Crippen molar-refractivity contribution in [3.8, 4) is 6.07 Å². The Morgan fingerprint density at radius 2 is 1.88 bits per heavy atom. The van der Waals surface area contributed by atoms with Crippen molar-refractivity contribution in [1.29, 1.82) is 5.26 Å². The van der Waals surface area contributed by atoms with Gasteiger partial charge in [-0.2, -0.15) is 5.26 Å². The van der Waals surface area contributed by atoms with Crippen LogP contribution in [0.25, 0.3) is 0 Å². The van der Waals surface area contributed by atoms with Crippen molar-refractivity contribution in [2.75, 3.05) is 26.4 Å². The van der Waals surface area contributed by atoms with E-state index >= 15 is 0 Å². The molecule has 0 aliphatic rings. The molecule has 0 rings (SSSR count). The molecule has 1 unspecified atom stereocenters. The van der Waals surface area contributed by atoms with Gasteiger partial charge in [0.2, 0.25) is 0 Å². The Morgan fingerprint density at radius 3 is 2.44 bits per heavy atom. The molecule has 0 bridgehead atoms. The van der Waals surface area contributed by atoms with Crippen molar-refractivity contribution in [2.45, 2.75) is 39.2 Å². The number of nitrogens with two attached hydrogens (primary N) is 1. The Kier molecular flexibility index (Phi) is 8.18. The fourth-order valence-electron chi connectivity index (χ4n) is 1.14. The van der Waals surface area contributed by atoms with E-state index in [1.54, 1.807) is 6.92 Å². The summed E-state index contributed by atoms with van der Waals surface area (Å²) < 4.78 is 10.7. The van der Waals surface area contributed by atoms with Crippen LogP contribution in [-0.2, 0) is 9.47 Å². The lowest BCUT2D eigenvalue weighted by molar-refractivity contribution is 0.0360. The zero-order chi connectivity index (χ0) is 12.4. The number of hydrogen-bond donors (Lipinski definition) is 1. The molecule has 94 valence electrons. The average molecular weight is 228 g/mol. The minimum absolute atomic E-state index is 0.563. The monoisotopic (exact) mass is 228 g/mol. The third kappa shape index (κ3) is 9.91. The lowest BCUT2D eigenvalue weighted by atomic mass is 10.00. The van der Waals surface area contributed by atoms with Crippen molar-refractivity contribution < 1.29 is 9.47 Å². The van der Waals surface area contributed by atoms with Crippen molar-refractivity contribution >= 4 is 0 Å². The molecule has 2 N–H and O–H groups in total. The van der Waals surface area contributed by atoms with Gasteiger partial charge in [-0.3, -0.25) is 0 Å². The van der Waals surface area contributed by atoms with E-state index in [-0.39, 0.29) is 0 Å². The van der Waals surface area contributed by atoms with E-state index in [0.717, 1.165) is 13.0 Å². The summed E-state index contributed by atoms with van der Waals surface area (Å²) in [5.41, 5.74) is 4.95. The number of ether oxygens (including phenoxy) is 2. The summed E-state index contributed by atoms with van der Waals surface area (Å²) in [6, 6.07) is 2.06. The van der Waals surface area contributed by atoms with Gasteiger partial charge >= 0.3 is 0 Å². The van der Waals surface area contributed by atoms with Crippen LogP contribution >= 0.6 is 0 Å². The lowest BCUT2D eigenvalue weighted by Crippen LogP contribution is -2.34. The third-order valence-corrected chi connectivity index (χ3v) is 2.06. The molecule has 0 radical (unpaired) electrons. The molecule has 0 saturated heterocycles. The number of rotatable bonds is 9. The van der Waals surface area contributed by atoms with Crippen LogP contribution in [0, 0.1) is 17.2 Å². The molecular formula is C12H24N2O2. The highest BCUT2D eigenvalue weighted by molar-refractivity contribution is 5.00. The Bertz CT molecular complexity index is 210. The Balaban J connectivity index is 3.20. The normalized spacial score (nSPS) is 14.8. The predicted molar refractivity (Wildman–Crippen MR) is 63.9 cm³/mol. The maximum Gasteiger partial charge on any atom is 0.101 e. The van der Waals surface area contributed by atoms with E-state index in [2.05, 4.69) is 19.9 Å². The van der Waals surface area contributed by atoms with Crippen molar-refractivity contribution in [3.63, 3.8) is 0 Å². The van der Waals surface area contributed by atoms with Gasteiger partial charge in [-0.05, 0) is 25.7 Å². The van der Waals surface area contributed by atoms with Gasteiger partial charge in [0, 0.05) is 13.2 Å². The first kappa shape index (κ1) is 15.4. The summed E-state index contributed by atoms with van der Waals surface area (Å²) in [4.78, 5) is 0. The molecule has 4 heteroatoms.